The second-order valence-corrected chi connectivity index (χ2v) is 3.10. The molecular formula is C10H17N3O. The molecule has 0 spiro atoms. The van der Waals surface area contributed by atoms with E-state index in [2.05, 4.69) is 9.97 Å². The molecule has 0 fully saturated rings. The number of hydrogen-bond acceptors (Lipinski definition) is 4. The first-order valence-electron chi connectivity index (χ1n) is 4.86. The quantitative estimate of drug-likeness (QED) is 0.674. The summed E-state index contributed by atoms with van der Waals surface area (Å²) in [5.74, 6) is 0.882. The molecule has 0 atom stereocenters. The summed E-state index contributed by atoms with van der Waals surface area (Å²) in [5.41, 5.74) is 6.47. The van der Waals surface area contributed by atoms with Crippen molar-refractivity contribution >= 4 is 0 Å². The maximum atomic E-state index is 5.45. The van der Waals surface area contributed by atoms with Crippen molar-refractivity contribution < 1.29 is 4.74 Å². The Hall–Kier alpha value is -1.00. The molecular weight excluding hydrogens is 178 g/mol. The molecule has 14 heavy (non-hydrogen) atoms. The van der Waals surface area contributed by atoms with E-state index in [1.165, 1.54) is 0 Å². The minimum absolute atomic E-state index is 0.633. The van der Waals surface area contributed by atoms with Gasteiger partial charge in [-0.25, -0.2) is 9.97 Å². The SMILES string of the molecule is COCCCc1nccc(CCN)n1. The topological polar surface area (TPSA) is 61.0 Å². The number of rotatable bonds is 6. The first-order valence-corrected chi connectivity index (χ1v) is 4.86. The summed E-state index contributed by atoms with van der Waals surface area (Å²) in [7, 11) is 1.70. The molecule has 0 aromatic carbocycles. The van der Waals surface area contributed by atoms with Gasteiger partial charge < -0.3 is 10.5 Å². The Kier molecular flexibility index (Phi) is 5.11. The molecule has 0 amide bonds. The summed E-state index contributed by atoms with van der Waals surface area (Å²) in [6, 6.07) is 1.91. The molecule has 4 heteroatoms. The summed E-state index contributed by atoms with van der Waals surface area (Å²) in [6.45, 7) is 1.39. The minimum Gasteiger partial charge on any atom is -0.385 e. The minimum atomic E-state index is 0.633. The summed E-state index contributed by atoms with van der Waals surface area (Å²) in [5, 5.41) is 0. The van der Waals surface area contributed by atoms with Gasteiger partial charge in [0.1, 0.15) is 5.82 Å². The standard InChI is InChI=1S/C10H17N3O/c1-14-8-2-3-10-12-7-5-9(13-10)4-6-11/h5,7H,2-4,6,8,11H2,1H3. The van der Waals surface area contributed by atoms with Crippen molar-refractivity contribution in [1.29, 1.82) is 0 Å². The van der Waals surface area contributed by atoms with Gasteiger partial charge in [0.05, 0.1) is 0 Å². The Balaban J connectivity index is 2.46. The maximum Gasteiger partial charge on any atom is 0.128 e. The van der Waals surface area contributed by atoms with Crippen molar-refractivity contribution in [1.82, 2.24) is 9.97 Å². The van der Waals surface area contributed by atoms with Gasteiger partial charge in [0.2, 0.25) is 0 Å². The summed E-state index contributed by atoms with van der Waals surface area (Å²) in [4.78, 5) is 8.57. The fourth-order valence-corrected chi connectivity index (χ4v) is 1.22. The van der Waals surface area contributed by atoms with E-state index in [1.807, 2.05) is 6.07 Å². The normalized spacial score (nSPS) is 10.4. The van der Waals surface area contributed by atoms with Crippen LogP contribution in [0.1, 0.15) is 17.9 Å². The number of hydrogen-bond donors (Lipinski definition) is 1. The van der Waals surface area contributed by atoms with Gasteiger partial charge in [-0.15, -0.1) is 0 Å². The molecule has 0 bridgehead atoms. The Morgan fingerprint density at radius 1 is 1.43 bits per heavy atom. The highest BCUT2D eigenvalue weighted by Crippen LogP contribution is 1.99. The zero-order chi connectivity index (χ0) is 10.2. The van der Waals surface area contributed by atoms with Crippen LogP contribution in [0.4, 0.5) is 0 Å². The van der Waals surface area contributed by atoms with E-state index in [1.54, 1.807) is 13.3 Å². The molecule has 0 aliphatic heterocycles. The summed E-state index contributed by atoms with van der Waals surface area (Å²) >= 11 is 0. The van der Waals surface area contributed by atoms with Gasteiger partial charge in [0.15, 0.2) is 0 Å². The zero-order valence-corrected chi connectivity index (χ0v) is 8.57. The number of ether oxygens (including phenoxy) is 1. The van der Waals surface area contributed by atoms with Gasteiger partial charge in [0, 0.05) is 38.4 Å². The van der Waals surface area contributed by atoms with Gasteiger partial charge in [-0.05, 0) is 19.0 Å². The van der Waals surface area contributed by atoms with Gasteiger partial charge in [-0.1, -0.05) is 0 Å². The van der Waals surface area contributed by atoms with Crippen molar-refractivity contribution in [2.75, 3.05) is 20.3 Å². The Morgan fingerprint density at radius 2 is 2.29 bits per heavy atom. The molecule has 0 aliphatic carbocycles. The van der Waals surface area contributed by atoms with Crippen LogP contribution in [0.5, 0.6) is 0 Å². The van der Waals surface area contributed by atoms with Crippen LogP contribution in [-0.4, -0.2) is 30.2 Å². The predicted octanol–water partition coefficient (Wildman–Crippen LogP) is 0.557. The van der Waals surface area contributed by atoms with E-state index in [0.29, 0.717) is 6.54 Å². The molecule has 0 radical (unpaired) electrons. The van der Waals surface area contributed by atoms with Crippen LogP contribution in [0.15, 0.2) is 12.3 Å². The van der Waals surface area contributed by atoms with Crippen LogP contribution in [0.2, 0.25) is 0 Å². The van der Waals surface area contributed by atoms with Crippen molar-refractivity contribution in [3.63, 3.8) is 0 Å². The highest BCUT2D eigenvalue weighted by Gasteiger charge is 1.98. The third kappa shape index (κ3) is 3.81. The summed E-state index contributed by atoms with van der Waals surface area (Å²) < 4.78 is 4.97. The van der Waals surface area contributed by atoms with Crippen molar-refractivity contribution in [3.8, 4) is 0 Å². The molecule has 1 aromatic heterocycles. The van der Waals surface area contributed by atoms with E-state index in [4.69, 9.17) is 10.5 Å². The number of aryl methyl sites for hydroxylation is 1. The van der Waals surface area contributed by atoms with E-state index in [0.717, 1.165) is 37.4 Å². The lowest BCUT2D eigenvalue weighted by molar-refractivity contribution is 0.194. The lowest BCUT2D eigenvalue weighted by Crippen LogP contribution is -2.07. The van der Waals surface area contributed by atoms with Crippen LogP contribution < -0.4 is 5.73 Å². The van der Waals surface area contributed by atoms with E-state index in [9.17, 15) is 0 Å². The van der Waals surface area contributed by atoms with Crippen molar-refractivity contribution in [2.24, 2.45) is 5.73 Å². The fraction of sp³-hybridized carbons (Fsp3) is 0.600. The first-order chi connectivity index (χ1) is 6.86. The molecule has 78 valence electrons. The van der Waals surface area contributed by atoms with Crippen LogP contribution in [0.3, 0.4) is 0 Å². The average Bonchev–Trinajstić information content (AvgIpc) is 2.19. The molecule has 1 rings (SSSR count). The first kappa shape index (κ1) is 11.1. The lowest BCUT2D eigenvalue weighted by atomic mass is 10.2. The van der Waals surface area contributed by atoms with Gasteiger partial charge in [0.25, 0.3) is 0 Å². The van der Waals surface area contributed by atoms with E-state index < -0.39 is 0 Å². The largest absolute Gasteiger partial charge is 0.385 e. The molecule has 2 N–H and O–H groups in total. The highest BCUT2D eigenvalue weighted by molar-refractivity contribution is 5.02. The van der Waals surface area contributed by atoms with Gasteiger partial charge in [-0.2, -0.15) is 0 Å². The van der Waals surface area contributed by atoms with Gasteiger partial charge >= 0.3 is 0 Å². The molecule has 1 aromatic rings. The number of nitrogens with two attached hydrogens (primary N) is 1. The van der Waals surface area contributed by atoms with Crippen LogP contribution in [0.25, 0.3) is 0 Å². The third-order valence-corrected chi connectivity index (χ3v) is 1.91. The van der Waals surface area contributed by atoms with E-state index >= 15 is 0 Å². The van der Waals surface area contributed by atoms with Crippen molar-refractivity contribution in [2.45, 2.75) is 19.3 Å². The summed E-state index contributed by atoms with van der Waals surface area (Å²) in [6.07, 6.45) is 4.44. The average molecular weight is 195 g/mol. The maximum absolute atomic E-state index is 5.45. The molecule has 4 nitrogen and oxygen atoms in total. The lowest BCUT2D eigenvalue weighted by Gasteiger charge is -2.02. The smallest absolute Gasteiger partial charge is 0.128 e. The monoisotopic (exact) mass is 195 g/mol. The number of nitrogens with zero attached hydrogens (tertiary/aromatic N) is 2. The second kappa shape index (κ2) is 6.45. The zero-order valence-electron chi connectivity index (χ0n) is 8.57. The predicted molar refractivity (Wildman–Crippen MR) is 55.0 cm³/mol. The molecule has 0 saturated carbocycles. The highest BCUT2D eigenvalue weighted by atomic mass is 16.5. The number of aromatic nitrogens is 2. The van der Waals surface area contributed by atoms with Crippen LogP contribution >= 0.6 is 0 Å². The Bertz CT molecular complexity index is 265. The number of methoxy groups -OCH3 is 1. The Labute approximate surface area is 84.5 Å². The van der Waals surface area contributed by atoms with Gasteiger partial charge in [-0.3, -0.25) is 0 Å². The fourth-order valence-electron chi connectivity index (χ4n) is 1.22. The molecule has 1 heterocycles. The molecule has 0 aliphatic rings. The van der Waals surface area contributed by atoms with Crippen molar-refractivity contribution in [3.05, 3.63) is 23.8 Å². The third-order valence-electron chi connectivity index (χ3n) is 1.91. The van der Waals surface area contributed by atoms with Crippen LogP contribution in [0, 0.1) is 0 Å². The molecule has 0 saturated heterocycles. The van der Waals surface area contributed by atoms with E-state index in [-0.39, 0.29) is 0 Å². The Morgan fingerprint density at radius 3 is 3.00 bits per heavy atom. The molecule has 0 unspecified atom stereocenters. The second-order valence-electron chi connectivity index (χ2n) is 3.10. The van der Waals surface area contributed by atoms with Crippen LogP contribution in [-0.2, 0) is 17.6 Å².